The molecule has 3 rings (SSSR count). The van der Waals surface area contributed by atoms with Gasteiger partial charge in [0.2, 0.25) is 0 Å². The number of nitrogens with two attached hydrogens (primary N) is 1. The highest BCUT2D eigenvalue weighted by Crippen LogP contribution is 2.26. The quantitative estimate of drug-likeness (QED) is 0.727. The second kappa shape index (κ2) is 5.37. The van der Waals surface area contributed by atoms with Crippen LogP contribution in [0.5, 0.6) is 0 Å². The van der Waals surface area contributed by atoms with E-state index >= 15 is 0 Å². The fourth-order valence-corrected chi connectivity index (χ4v) is 2.58. The van der Waals surface area contributed by atoms with Crippen LogP contribution in [0.25, 0.3) is 11.3 Å². The third-order valence-electron chi connectivity index (χ3n) is 2.87. The summed E-state index contributed by atoms with van der Waals surface area (Å²) in [6, 6.07) is 7.47. The van der Waals surface area contributed by atoms with Gasteiger partial charge in [-0.05, 0) is 12.1 Å². The molecule has 7 heteroatoms. The topological polar surface area (TPSA) is 85.8 Å². The number of carbonyl (C=O) groups excluding carboxylic acids is 1. The number of nitrogens with one attached hydrogen (secondary N) is 1. The molecule has 0 spiro atoms. The lowest BCUT2D eigenvalue weighted by Gasteiger charge is -1.99. The predicted molar refractivity (Wildman–Crippen MR) is 83.1 cm³/mol. The van der Waals surface area contributed by atoms with E-state index < -0.39 is 0 Å². The number of anilines is 2. The second-order valence-electron chi connectivity index (χ2n) is 4.52. The minimum absolute atomic E-state index is 0.225. The Kier molecular flexibility index (Phi) is 3.41. The van der Waals surface area contributed by atoms with Crippen molar-refractivity contribution in [1.29, 1.82) is 0 Å². The van der Waals surface area contributed by atoms with Crippen molar-refractivity contribution in [2.45, 2.75) is 0 Å². The molecule has 0 saturated carbocycles. The number of rotatable bonds is 3. The normalized spacial score (nSPS) is 10.5. The third-order valence-corrected chi connectivity index (χ3v) is 3.63. The molecule has 0 atom stereocenters. The minimum Gasteiger partial charge on any atom is -0.399 e. The molecule has 106 valence electrons. The number of hydrogen-bond donors (Lipinski definition) is 2. The van der Waals surface area contributed by atoms with Gasteiger partial charge in [0.05, 0.1) is 17.5 Å². The molecule has 0 aliphatic carbocycles. The van der Waals surface area contributed by atoms with E-state index in [1.807, 2.05) is 29.6 Å². The second-order valence-corrected chi connectivity index (χ2v) is 5.38. The molecule has 0 aliphatic rings. The molecular formula is C14H13N5OS. The van der Waals surface area contributed by atoms with Crippen molar-refractivity contribution in [3.05, 3.63) is 47.6 Å². The lowest BCUT2D eigenvalue weighted by Crippen LogP contribution is -2.10. The standard InChI is InChI=1S/C14H13N5OS/c1-19-7-10(6-16-19)13(20)18-14-17-12(8-21-14)9-3-2-4-11(15)5-9/h2-8H,15H2,1H3,(H,17,18,20). The van der Waals surface area contributed by atoms with Gasteiger partial charge >= 0.3 is 0 Å². The Bertz CT molecular complexity index is 792. The monoisotopic (exact) mass is 299 g/mol. The van der Waals surface area contributed by atoms with Crippen LogP contribution >= 0.6 is 11.3 Å². The molecule has 3 N–H and O–H groups in total. The van der Waals surface area contributed by atoms with Crippen LogP contribution in [0.1, 0.15) is 10.4 Å². The number of hydrogen-bond acceptors (Lipinski definition) is 5. The van der Waals surface area contributed by atoms with Crippen molar-refractivity contribution < 1.29 is 4.79 Å². The zero-order valence-electron chi connectivity index (χ0n) is 11.3. The predicted octanol–water partition coefficient (Wildman–Crippen LogP) is 2.38. The summed E-state index contributed by atoms with van der Waals surface area (Å²) in [4.78, 5) is 16.4. The molecule has 21 heavy (non-hydrogen) atoms. The summed E-state index contributed by atoms with van der Waals surface area (Å²) in [5.41, 5.74) is 8.65. The number of benzene rings is 1. The molecule has 0 saturated heterocycles. The molecule has 0 bridgehead atoms. The average Bonchev–Trinajstić information content (AvgIpc) is 3.08. The first-order valence-corrected chi connectivity index (χ1v) is 7.11. The Labute approximate surface area is 125 Å². The molecule has 6 nitrogen and oxygen atoms in total. The van der Waals surface area contributed by atoms with E-state index in [1.54, 1.807) is 17.9 Å². The van der Waals surface area contributed by atoms with Gasteiger partial charge in [-0.1, -0.05) is 12.1 Å². The zero-order valence-corrected chi connectivity index (χ0v) is 12.1. The highest BCUT2D eigenvalue weighted by Gasteiger charge is 2.11. The van der Waals surface area contributed by atoms with Crippen LogP contribution in [0.3, 0.4) is 0 Å². The van der Waals surface area contributed by atoms with E-state index in [4.69, 9.17) is 5.73 Å². The van der Waals surface area contributed by atoms with Crippen molar-refractivity contribution in [2.75, 3.05) is 11.1 Å². The minimum atomic E-state index is -0.225. The lowest BCUT2D eigenvalue weighted by atomic mass is 10.1. The molecule has 1 aromatic carbocycles. The maximum atomic E-state index is 12.0. The van der Waals surface area contributed by atoms with Crippen LogP contribution in [0.4, 0.5) is 10.8 Å². The Hall–Kier alpha value is -2.67. The van der Waals surface area contributed by atoms with Crippen molar-refractivity contribution in [1.82, 2.24) is 14.8 Å². The number of amides is 1. The summed E-state index contributed by atoms with van der Waals surface area (Å²) >= 11 is 1.37. The Morgan fingerprint density at radius 2 is 2.29 bits per heavy atom. The van der Waals surface area contributed by atoms with Crippen molar-refractivity contribution in [2.24, 2.45) is 7.05 Å². The largest absolute Gasteiger partial charge is 0.399 e. The zero-order chi connectivity index (χ0) is 14.8. The maximum absolute atomic E-state index is 12.0. The Balaban J connectivity index is 1.78. The molecule has 0 aliphatic heterocycles. The molecule has 3 aromatic rings. The van der Waals surface area contributed by atoms with Crippen LogP contribution in [-0.2, 0) is 7.05 Å². The number of thiazole rings is 1. The van der Waals surface area contributed by atoms with Crippen LogP contribution in [0, 0.1) is 0 Å². The Morgan fingerprint density at radius 1 is 1.43 bits per heavy atom. The third kappa shape index (κ3) is 2.92. The number of nitrogens with zero attached hydrogens (tertiary/aromatic N) is 3. The fraction of sp³-hybridized carbons (Fsp3) is 0.0714. The van der Waals surface area contributed by atoms with Gasteiger partial charge < -0.3 is 5.73 Å². The fourth-order valence-electron chi connectivity index (χ4n) is 1.87. The lowest BCUT2D eigenvalue weighted by molar-refractivity contribution is 0.102. The maximum Gasteiger partial charge on any atom is 0.260 e. The summed E-state index contributed by atoms with van der Waals surface area (Å²) in [6.45, 7) is 0. The van der Waals surface area contributed by atoms with E-state index in [0.29, 0.717) is 16.4 Å². The molecular weight excluding hydrogens is 286 g/mol. The van der Waals surface area contributed by atoms with Crippen LogP contribution < -0.4 is 11.1 Å². The van der Waals surface area contributed by atoms with Gasteiger partial charge in [0.25, 0.3) is 5.91 Å². The highest BCUT2D eigenvalue weighted by molar-refractivity contribution is 7.14. The number of aromatic nitrogens is 3. The van der Waals surface area contributed by atoms with Gasteiger partial charge in [-0.25, -0.2) is 4.98 Å². The van der Waals surface area contributed by atoms with Gasteiger partial charge in [0, 0.05) is 29.9 Å². The van der Waals surface area contributed by atoms with Crippen molar-refractivity contribution in [3.63, 3.8) is 0 Å². The smallest absolute Gasteiger partial charge is 0.260 e. The molecule has 0 radical (unpaired) electrons. The summed E-state index contributed by atoms with van der Waals surface area (Å²) in [6.07, 6.45) is 3.17. The molecule has 0 unspecified atom stereocenters. The van der Waals surface area contributed by atoms with Crippen molar-refractivity contribution in [3.8, 4) is 11.3 Å². The highest BCUT2D eigenvalue weighted by atomic mass is 32.1. The SMILES string of the molecule is Cn1cc(C(=O)Nc2nc(-c3cccc(N)c3)cs2)cn1. The van der Waals surface area contributed by atoms with E-state index in [0.717, 1.165) is 11.3 Å². The summed E-state index contributed by atoms with van der Waals surface area (Å²) in [5.74, 6) is -0.225. The number of carbonyl (C=O) groups is 1. The first kappa shape index (κ1) is 13.3. The molecule has 2 heterocycles. The van der Waals surface area contributed by atoms with E-state index in [-0.39, 0.29) is 5.91 Å². The molecule has 2 aromatic heterocycles. The molecule has 1 amide bonds. The van der Waals surface area contributed by atoms with E-state index in [1.165, 1.54) is 17.5 Å². The molecule has 0 fully saturated rings. The van der Waals surface area contributed by atoms with Crippen molar-refractivity contribution >= 4 is 28.1 Å². The van der Waals surface area contributed by atoms with Crippen LogP contribution in [-0.4, -0.2) is 20.7 Å². The van der Waals surface area contributed by atoms with E-state index in [2.05, 4.69) is 15.4 Å². The van der Waals surface area contributed by atoms with Gasteiger partial charge in [-0.2, -0.15) is 5.10 Å². The number of nitrogen functional groups attached to an aromatic ring is 1. The van der Waals surface area contributed by atoms with Gasteiger partial charge in [0.1, 0.15) is 0 Å². The number of aryl methyl sites for hydroxylation is 1. The summed E-state index contributed by atoms with van der Waals surface area (Å²) in [5, 5.41) is 9.15. The van der Waals surface area contributed by atoms with Gasteiger partial charge in [-0.3, -0.25) is 14.8 Å². The van der Waals surface area contributed by atoms with Crippen LogP contribution in [0.2, 0.25) is 0 Å². The van der Waals surface area contributed by atoms with Gasteiger partial charge in [-0.15, -0.1) is 11.3 Å². The first-order chi connectivity index (χ1) is 10.1. The van der Waals surface area contributed by atoms with E-state index in [9.17, 15) is 4.79 Å². The summed E-state index contributed by atoms with van der Waals surface area (Å²) < 4.78 is 1.58. The van der Waals surface area contributed by atoms with Crippen LogP contribution in [0.15, 0.2) is 42.0 Å². The summed E-state index contributed by atoms with van der Waals surface area (Å²) in [7, 11) is 1.76. The van der Waals surface area contributed by atoms with Gasteiger partial charge in [0.15, 0.2) is 5.13 Å². The average molecular weight is 299 g/mol. The Morgan fingerprint density at radius 3 is 3.00 bits per heavy atom. The first-order valence-electron chi connectivity index (χ1n) is 6.23.